The van der Waals surface area contributed by atoms with Gasteiger partial charge in [-0.2, -0.15) is 13.2 Å². The minimum absolute atomic E-state index is 0.232. The van der Waals surface area contributed by atoms with Crippen LogP contribution in [0, 0.1) is 0 Å². The van der Waals surface area contributed by atoms with Crippen molar-refractivity contribution in [1.29, 1.82) is 0 Å². The summed E-state index contributed by atoms with van der Waals surface area (Å²) in [6, 6.07) is 4.52. The Morgan fingerprint density at radius 3 is 2.53 bits per heavy atom. The van der Waals surface area contributed by atoms with Crippen molar-refractivity contribution in [3.63, 3.8) is 0 Å². The molecule has 0 radical (unpaired) electrons. The molecule has 0 saturated carbocycles. The van der Waals surface area contributed by atoms with Gasteiger partial charge in [0.2, 0.25) is 0 Å². The van der Waals surface area contributed by atoms with E-state index in [0.717, 1.165) is 0 Å². The number of Topliss-reactive ketones (excluding diaryl/α,β-unsaturated/α-hetero) is 1. The molecule has 0 aliphatic carbocycles. The van der Waals surface area contributed by atoms with E-state index in [1.54, 1.807) is 6.07 Å². The smallest absolute Gasteiger partial charge is 0.389 e. The van der Waals surface area contributed by atoms with Crippen LogP contribution >= 0.6 is 15.9 Å². The zero-order valence-corrected chi connectivity index (χ0v) is 10.6. The lowest BCUT2D eigenvalue weighted by Gasteiger charge is -2.08. The van der Waals surface area contributed by atoms with Gasteiger partial charge in [-0.3, -0.25) is 4.79 Å². The number of methoxy groups -OCH3 is 1. The molecule has 0 saturated heterocycles. The largest absolute Gasteiger partial charge is 0.497 e. The summed E-state index contributed by atoms with van der Waals surface area (Å²) in [4.78, 5) is 11.5. The molecule has 0 N–H and O–H groups in total. The van der Waals surface area contributed by atoms with Crippen LogP contribution < -0.4 is 4.74 Å². The quantitative estimate of drug-likeness (QED) is 0.786. The van der Waals surface area contributed by atoms with Crippen molar-refractivity contribution in [1.82, 2.24) is 0 Å². The molecule has 0 aliphatic rings. The number of ketones is 1. The second-order valence-corrected chi connectivity index (χ2v) is 4.24. The second-order valence-electron chi connectivity index (χ2n) is 3.38. The van der Waals surface area contributed by atoms with Crippen LogP contribution in [0.4, 0.5) is 13.2 Å². The molecule has 1 aromatic carbocycles. The van der Waals surface area contributed by atoms with Crippen LogP contribution in [0.25, 0.3) is 0 Å². The maximum atomic E-state index is 12.0. The Labute approximate surface area is 105 Å². The molecule has 94 valence electrons. The number of halogens is 4. The Morgan fingerprint density at radius 2 is 2.06 bits per heavy atom. The van der Waals surface area contributed by atoms with E-state index >= 15 is 0 Å². The lowest BCUT2D eigenvalue weighted by Crippen LogP contribution is -2.11. The molecule has 6 heteroatoms. The van der Waals surface area contributed by atoms with Crippen molar-refractivity contribution in [3.05, 3.63) is 28.2 Å². The second kappa shape index (κ2) is 5.53. The maximum absolute atomic E-state index is 12.0. The molecule has 0 unspecified atom stereocenters. The summed E-state index contributed by atoms with van der Waals surface area (Å²) in [5.74, 6) is -0.0129. The standard InChI is InChI=1S/C11H10BrF3O2/c1-17-7-2-3-8(9(12)6-7)10(16)4-5-11(13,14)15/h2-3,6H,4-5H2,1H3. The summed E-state index contributed by atoms with van der Waals surface area (Å²) in [5, 5.41) is 0. The third-order valence-corrected chi connectivity index (χ3v) is 2.77. The lowest BCUT2D eigenvalue weighted by atomic mass is 10.1. The van der Waals surface area contributed by atoms with Crippen LogP contribution in [0.5, 0.6) is 5.75 Å². The van der Waals surface area contributed by atoms with Crippen molar-refractivity contribution in [3.8, 4) is 5.75 Å². The van der Waals surface area contributed by atoms with Gasteiger partial charge in [-0.25, -0.2) is 0 Å². The summed E-state index contributed by atoms with van der Waals surface area (Å²) in [7, 11) is 1.47. The molecule has 17 heavy (non-hydrogen) atoms. The molecule has 0 heterocycles. The van der Waals surface area contributed by atoms with Gasteiger partial charge in [-0.05, 0) is 34.1 Å². The van der Waals surface area contributed by atoms with Gasteiger partial charge in [0.15, 0.2) is 5.78 Å². The van der Waals surface area contributed by atoms with E-state index in [0.29, 0.717) is 10.2 Å². The fraction of sp³-hybridized carbons (Fsp3) is 0.364. The van der Waals surface area contributed by atoms with Crippen LogP contribution in [-0.2, 0) is 0 Å². The minimum atomic E-state index is -4.31. The fourth-order valence-electron chi connectivity index (χ4n) is 1.24. The fourth-order valence-corrected chi connectivity index (χ4v) is 1.82. The van der Waals surface area contributed by atoms with Gasteiger partial charge in [0.25, 0.3) is 0 Å². The average Bonchev–Trinajstić information content (AvgIpc) is 2.24. The summed E-state index contributed by atoms with van der Waals surface area (Å²) in [5.41, 5.74) is 0.232. The SMILES string of the molecule is COc1ccc(C(=O)CCC(F)(F)F)c(Br)c1. The normalized spacial score (nSPS) is 11.4. The first-order valence-electron chi connectivity index (χ1n) is 4.77. The van der Waals surface area contributed by atoms with E-state index in [1.165, 1.54) is 19.2 Å². The molecule has 0 atom stereocenters. The Balaban J connectivity index is 2.76. The number of hydrogen-bond donors (Lipinski definition) is 0. The number of benzene rings is 1. The molecule has 1 rings (SSSR count). The van der Waals surface area contributed by atoms with E-state index in [9.17, 15) is 18.0 Å². The Bertz CT molecular complexity index is 416. The molecule has 0 amide bonds. The van der Waals surface area contributed by atoms with Gasteiger partial charge in [0.05, 0.1) is 13.5 Å². The number of ether oxygens (including phenoxy) is 1. The monoisotopic (exact) mass is 310 g/mol. The summed E-state index contributed by atoms with van der Waals surface area (Å²) in [6.07, 6.45) is -5.96. The molecular formula is C11H10BrF3O2. The van der Waals surface area contributed by atoms with Gasteiger partial charge in [0.1, 0.15) is 5.75 Å². The van der Waals surface area contributed by atoms with E-state index in [2.05, 4.69) is 15.9 Å². The summed E-state index contributed by atoms with van der Waals surface area (Å²) in [6.45, 7) is 0. The van der Waals surface area contributed by atoms with Crippen LogP contribution in [-0.4, -0.2) is 19.1 Å². The van der Waals surface area contributed by atoms with Crippen molar-refractivity contribution >= 4 is 21.7 Å². The molecule has 2 nitrogen and oxygen atoms in total. The predicted octanol–water partition coefficient (Wildman–Crippen LogP) is 3.98. The minimum Gasteiger partial charge on any atom is -0.497 e. The molecule has 0 bridgehead atoms. The van der Waals surface area contributed by atoms with Crippen molar-refractivity contribution in [2.45, 2.75) is 19.0 Å². The highest BCUT2D eigenvalue weighted by atomic mass is 79.9. The van der Waals surface area contributed by atoms with Crippen LogP contribution in [0.3, 0.4) is 0 Å². The number of carbonyl (C=O) groups is 1. The molecule has 0 aliphatic heterocycles. The number of carbonyl (C=O) groups excluding carboxylic acids is 1. The first-order chi connectivity index (χ1) is 7.83. The van der Waals surface area contributed by atoms with Crippen molar-refractivity contribution in [2.24, 2.45) is 0 Å². The average molecular weight is 311 g/mol. The third-order valence-electron chi connectivity index (χ3n) is 2.11. The third kappa shape index (κ3) is 4.38. The molecular weight excluding hydrogens is 301 g/mol. The molecule has 0 aromatic heterocycles. The predicted molar refractivity (Wildman–Crippen MR) is 60.3 cm³/mol. The van der Waals surface area contributed by atoms with Crippen LogP contribution in [0.2, 0.25) is 0 Å². The molecule has 0 fully saturated rings. The van der Waals surface area contributed by atoms with E-state index < -0.39 is 24.8 Å². The zero-order chi connectivity index (χ0) is 13.1. The first kappa shape index (κ1) is 14.0. The Hall–Kier alpha value is -1.04. The van der Waals surface area contributed by atoms with Crippen molar-refractivity contribution < 1.29 is 22.7 Å². The molecule has 0 spiro atoms. The van der Waals surface area contributed by atoms with Gasteiger partial charge in [-0.15, -0.1) is 0 Å². The van der Waals surface area contributed by atoms with E-state index in [1.807, 2.05) is 0 Å². The Kier molecular flexibility index (Phi) is 4.56. The van der Waals surface area contributed by atoms with Gasteiger partial charge >= 0.3 is 6.18 Å². The van der Waals surface area contributed by atoms with Crippen LogP contribution in [0.1, 0.15) is 23.2 Å². The first-order valence-corrected chi connectivity index (χ1v) is 5.56. The highest BCUT2D eigenvalue weighted by Gasteiger charge is 2.28. The lowest BCUT2D eigenvalue weighted by molar-refractivity contribution is -0.133. The number of rotatable bonds is 4. The van der Waals surface area contributed by atoms with E-state index in [-0.39, 0.29) is 5.56 Å². The van der Waals surface area contributed by atoms with Gasteiger partial charge < -0.3 is 4.74 Å². The van der Waals surface area contributed by atoms with Crippen molar-refractivity contribution in [2.75, 3.05) is 7.11 Å². The maximum Gasteiger partial charge on any atom is 0.389 e. The topological polar surface area (TPSA) is 26.3 Å². The van der Waals surface area contributed by atoms with E-state index in [4.69, 9.17) is 4.74 Å². The highest BCUT2D eigenvalue weighted by Crippen LogP contribution is 2.27. The summed E-state index contributed by atoms with van der Waals surface area (Å²) >= 11 is 3.13. The van der Waals surface area contributed by atoms with Crippen LogP contribution in [0.15, 0.2) is 22.7 Å². The number of alkyl halides is 3. The number of hydrogen-bond acceptors (Lipinski definition) is 2. The molecule has 1 aromatic rings. The highest BCUT2D eigenvalue weighted by molar-refractivity contribution is 9.10. The van der Waals surface area contributed by atoms with Gasteiger partial charge in [-0.1, -0.05) is 0 Å². The Morgan fingerprint density at radius 1 is 1.41 bits per heavy atom. The zero-order valence-electron chi connectivity index (χ0n) is 8.97. The summed E-state index contributed by atoms with van der Waals surface area (Å²) < 4.78 is 41.3. The van der Waals surface area contributed by atoms with Gasteiger partial charge in [0, 0.05) is 16.5 Å².